The lowest BCUT2D eigenvalue weighted by atomic mass is 10.2. The molecule has 1 N–H and O–H groups in total. The van der Waals surface area contributed by atoms with E-state index in [2.05, 4.69) is 24.4 Å². The van der Waals surface area contributed by atoms with Gasteiger partial charge in [-0.3, -0.25) is 4.72 Å². The SMILES string of the molecule is O=S(=O)(Nc1cc(-c2nc3ncccc3o2)ccn1)c1ccc(OC(F)(F)F)cc1. The third-order valence-electron chi connectivity index (χ3n) is 3.78. The predicted octanol–water partition coefficient (Wildman–Crippen LogP) is 3.98. The summed E-state index contributed by atoms with van der Waals surface area (Å²) in [6, 6.07) is 10.1. The summed E-state index contributed by atoms with van der Waals surface area (Å²) in [5.41, 5.74) is 1.31. The average molecular weight is 436 g/mol. The molecule has 0 atom stereocenters. The molecular formula is C18H11F3N4O4S. The van der Waals surface area contributed by atoms with Crippen molar-refractivity contribution in [1.29, 1.82) is 0 Å². The van der Waals surface area contributed by atoms with Crippen molar-refractivity contribution in [2.45, 2.75) is 11.3 Å². The van der Waals surface area contributed by atoms with Gasteiger partial charge in [-0.05, 0) is 48.5 Å². The van der Waals surface area contributed by atoms with Crippen molar-refractivity contribution in [3.8, 4) is 17.2 Å². The lowest BCUT2D eigenvalue weighted by molar-refractivity contribution is -0.274. The number of pyridine rings is 2. The van der Waals surface area contributed by atoms with Crippen LogP contribution in [0.1, 0.15) is 0 Å². The molecule has 154 valence electrons. The fraction of sp³-hybridized carbons (Fsp3) is 0.0556. The Morgan fingerprint density at radius 1 is 1.00 bits per heavy atom. The van der Waals surface area contributed by atoms with Crippen LogP contribution in [0.15, 0.2) is 70.2 Å². The number of oxazole rings is 1. The van der Waals surface area contributed by atoms with E-state index in [-0.39, 0.29) is 16.6 Å². The van der Waals surface area contributed by atoms with Gasteiger partial charge in [0.1, 0.15) is 11.6 Å². The second kappa shape index (κ2) is 7.30. The van der Waals surface area contributed by atoms with Crippen molar-refractivity contribution in [1.82, 2.24) is 15.0 Å². The molecule has 0 spiro atoms. The molecule has 1 aromatic carbocycles. The van der Waals surface area contributed by atoms with Crippen LogP contribution in [0.25, 0.3) is 22.7 Å². The molecule has 3 aromatic heterocycles. The number of hydrogen-bond donors (Lipinski definition) is 1. The number of fused-ring (bicyclic) bond motifs is 1. The van der Waals surface area contributed by atoms with Gasteiger partial charge in [0.2, 0.25) is 5.89 Å². The number of ether oxygens (including phenoxy) is 1. The normalized spacial score (nSPS) is 12.1. The average Bonchev–Trinajstić information content (AvgIpc) is 3.11. The maximum atomic E-state index is 12.5. The number of nitrogens with one attached hydrogen (secondary N) is 1. The number of alkyl halides is 3. The van der Waals surface area contributed by atoms with E-state index in [1.165, 1.54) is 12.3 Å². The van der Waals surface area contributed by atoms with Gasteiger partial charge in [0.05, 0.1) is 4.90 Å². The Morgan fingerprint density at radius 3 is 2.47 bits per heavy atom. The summed E-state index contributed by atoms with van der Waals surface area (Å²) >= 11 is 0. The van der Waals surface area contributed by atoms with E-state index in [1.807, 2.05) is 0 Å². The highest BCUT2D eigenvalue weighted by molar-refractivity contribution is 7.92. The van der Waals surface area contributed by atoms with Crippen LogP contribution in [-0.2, 0) is 10.0 Å². The van der Waals surface area contributed by atoms with Gasteiger partial charge in [0.15, 0.2) is 11.2 Å². The Bertz CT molecular complexity index is 1270. The van der Waals surface area contributed by atoms with Gasteiger partial charge >= 0.3 is 6.36 Å². The molecule has 30 heavy (non-hydrogen) atoms. The van der Waals surface area contributed by atoms with Crippen LogP contribution in [0.5, 0.6) is 5.75 Å². The Hall–Kier alpha value is -3.67. The molecule has 8 nitrogen and oxygen atoms in total. The maximum absolute atomic E-state index is 12.5. The molecule has 0 aliphatic heterocycles. The summed E-state index contributed by atoms with van der Waals surface area (Å²) < 4.78 is 73.3. The monoisotopic (exact) mass is 436 g/mol. The van der Waals surface area contributed by atoms with Crippen LogP contribution in [0.3, 0.4) is 0 Å². The van der Waals surface area contributed by atoms with Gasteiger partial charge in [-0.1, -0.05) is 0 Å². The Labute approximate surface area is 167 Å². The first-order valence-corrected chi connectivity index (χ1v) is 9.75. The number of nitrogens with zero attached hydrogens (tertiary/aromatic N) is 3. The molecule has 4 aromatic rings. The van der Waals surface area contributed by atoms with Gasteiger partial charge in [0, 0.05) is 18.0 Å². The molecule has 3 heterocycles. The van der Waals surface area contributed by atoms with Crippen molar-refractivity contribution < 1.29 is 30.7 Å². The lowest BCUT2D eigenvalue weighted by Gasteiger charge is -2.10. The number of hydrogen-bond acceptors (Lipinski definition) is 7. The third kappa shape index (κ3) is 4.33. The fourth-order valence-electron chi connectivity index (χ4n) is 2.53. The molecule has 0 saturated carbocycles. The smallest absolute Gasteiger partial charge is 0.434 e. The highest BCUT2D eigenvalue weighted by atomic mass is 32.2. The number of aromatic nitrogens is 3. The second-order valence-corrected chi connectivity index (χ2v) is 7.58. The minimum atomic E-state index is -4.87. The molecular weight excluding hydrogens is 425 g/mol. The number of sulfonamides is 1. The van der Waals surface area contributed by atoms with E-state index in [0.29, 0.717) is 16.8 Å². The Kier molecular flexibility index (Phi) is 4.78. The first-order valence-electron chi connectivity index (χ1n) is 8.26. The van der Waals surface area contributed by atoms with E-state index in [9.17, 15) is 21.6 Å². The first kappa shape index (κ1) is 19.6. The van der Waals surface area contributed by atoms with Crippen molar-refractivity contribution in [2.75, 3.05) is 4.72 Å². The Balaban J connectivity index is 1.57. The van der Waals surface area contributed by atoms with Crippen molar-refractivity contribution in [3.63, 3.8) is 0 Å². The molecule has 0 aliphatic carbocycles. The van der Waals surface area contributed by atoms with Crippen LogP contribution < -0.4 is 9.46 Å². The number of rotatable bonds is 5. The standard InChI is InChI=1S/C18H11F3N4O4S/c19-18(20,21)29-12-3-5-13(6-4-12)30(26,27)25-15-10-11(7-9-22-15)17-24-16-14(28-17)2-1-8-23-16/h1-10H,(H,22,25). The zero-order chi connectivity index (χ0) is 21.4. The van der Waals surface area contributed by atoms with Crippen LogP contribution in [0.4, 0.5) is 19.0 Å². The third-order valence-corrected chi connectivity index (χ3v) is 5.15. The van der Waals surface area contributed by atoms with Crippen molar-refractivity contribution in [2.24, 2.45) is 0 Å². The van der Waals surface area contributed by atoms with Gasteiger partial charge in [0.25, 0.3) is 10.0 Å². The molecule has 0 radical (unpaired) electrons. The van der Waals surface area contributed by atoms with Crippen LogP contribution in [0.2, 0.25) is 0 Å². The first-order chi connectivity index (χ1) is 14.2. The summed E-state index contributed by atoms with van der Waals surface area (Å²) in [4.78, 5) is 12.0. The van der Waals surface area contributed by atoms with Crippen LogP contribution in [-0.4, -0.2) is 29.7 Å². The minimum absolute atomic E-state index is 0.0293. The molecule has 12 heteroatoms. The minimum Gasteiger partial charge on any atom is -0.434 e. The van der Waals surface area contributed by atoms with Gasteiger partial charge in [-0.25, -0.2) is 18.4 Å². The summed E-state index contributed by atoms with van der Waals surface area (Å²) in [6.07, 6.45) is -1.95. The highest BCUT2D eigenvalue weighted by Gasteiger charge is 2.31. The van der Waals surface area contributed by atoms with Crippen LogP contribution >= 0.6 is 0 Å². The van der Waals surface area contributed by atoms with Gasteiger partial charge in [-0.15, -0.1) is 13.2 Å². The second-order valence-electron chi connectivity index (χ2n) is 5.90. The zero-order valence-electron chi connectivity index (χ0n) is 14.8. The summed E-state index contributed by atoms with van der Waals surface area (Å²) in [5, 5.41) is 0. The number of benzene rings is 1. The maximum Gasteiger partial charge on any atom is 0.573 e. The van der Waals surface area contributed by atoms with Gasteiger partial charge in [-0.2, -0.15) is 4.98 Å². The number of halogens is 3. The zero-order valence-corrected chi connectivity index (χ0v) is 15.6. The van der Waals surface area contributed by atoms with E-state index in [4.69, 9.17) is 4.42 Å². The van der Waals surface area contributed by atoms with E-state index < -0.39 is 22.1 Å². The summed E-state index contributed by atoms with van der Waals surface area (Å²) in [6.45, 7) is 0. The largest absolute Gasteiger partial charge is 0.573 e. The topological polar surface area (TPSA) is 107 Å². The highest BCUT2D eigenvalue weighted by Crippen LogP contribution is 2.27. The number of anilines is 1. The van der Waals surface area contributed by atoms with E-state index >= 15 is 0 Å². The summed E-state index contributed by atoms with van der Waals surface area (Å²) in [7, 11) is -4.11. The van der Waals surface area contributed by atoms with E-state index in [0.717, 1.165) is 24.3 Å². The van der Waals surface area contributed by atoms with Gasteiger partial charge < -0.3 is 9.15 Å². The van der Waals surface area contributed by atoms with Crippen molar-refractivity contribution in [3.05, 3.63) is 60.9 Å². The Morgan fingerprint density at radius 2 is 1.77 bits per heavy atom. The summed E-state index contributed by atoms with van der Waals surface area (Å²) in [5.74, 6) is -0.343. The predicted molar refractivity (Wildman–Crippen MR) is 99.0 cm³/mol. The molecule has 0 aliphatic rings. The molecule has 0 saturated heterocycles. The molecule has 0 unspecified atom stereocenters. The molecule has 0 fully saturated rings. The molecule has 0 amide bonds. The van der Waals surface area contributed by atoms with Crippen molar-refractivity contribution >= 4 is 27.1 Å². The quantitative estimate of drug-likeness (QED) is 0.504. The van der Waals surface area contributed by atoms with E-state index in [1.54, 1.807) is 24.4 Å². The fourth-order valence-corrected chi connectivity index (χ4v) is 3.53. The molecule has 0 bridgehead atoms. The lowest BCUT2D eigenvalue weighted by Crippen LogP contribution is -2.17. The van der Waals surface area contributed by atoms with Crippen LogP contribution in [0, 0.1) is 0 Å². The molecule has 4 rings (SSSR count).